The van der Waals surface area contributed by atoms with Crippen molar-refractivity contribution in [3.8, 4) is 0 Å². The van der Waals surface area contributed by atoms with Crippen LogP contribution in [-0.2, 0) is 30.7 Å². The van der Waals surface area contributed by atoms with Gasteiger partial charge in [-0.05, 0) is 25.7 Å². The van der Waals surface area contributed by atoms with Crippen molar-refractivity contribution in [3.63, 3.8) is 0 Å². The van der Waals surface area contributed by atoms with Gasteiger partial charge in [0.25, 0.3) is 0 Å². The van der Waals surface area contributed by atoms with Crippen LogP contribution >= 0.6 is 0 Å². The van der Waals surface area contributed by atoms with Crippen molar-refractivity contribution in [1.29, 1.82) is 0 Å². The van der Waals surface area contributed by atoms with Gasteiger partial charge in [0.15, 0.2) is 0 Å². The summed E-state index contributed by atoms with van der Waals surface area (Å²) < 4.78 is 0. The average Bonchev–Trinajstić information content (AvgIpc) is 2.04. The van der Waals surface area contributed by atoms with Crippen LogP contribution in [0.25, 0.3) is 0 Å². The third-order valence-electron chi connectivity index (χ3n) is 2.43. The Bertz CT molecular complexity index is 174. The topological polar surface area (TPSA) is 74.6 Å². The van der Waals surface area contributed by atoms with Crippen molar-refractivity contribution in [2.45, 2.75) is 25.7 Å². The molecule has 0 saturated heterocycles. The summed E-state index contributed by atoms with van der Waals surface area (Å²) in [6, 6.07) is 0. The zero-order chi connectivity index (χ0) is 9.14. The molecule has 0 aromatic carbocycles. The second-order valence-corrected chi connectivity index (χ2v) is 3.23. The fourth-order valence-corrected chi connectivity index (χ4v) is 1.59. The molecule has 0 aromatic heterocycles. The van der Waals surface area contributed by atoms with Gasteiger partial charge < -0.3 is 10.2 Å². The van der Waals surface area contributed by atoms with Gasteiger partial charge in [-0.15, -0.1) is 0 Å². The monoisotopic (exact) mass is 356 g/mol. The number of aliphatic carboxylic acids is 2. The van der Waals surface area contributed by atoms with E-state index < -0.39 is 11.9 Å². The largest absolute Gasteiger partial charge is 0.481 e. The predicted molar refractivity (Wildman–Crippen MR) is 40.7 cm³/mol. The Kier molecular flexibility index (Phi) is 5.22. The van der Waals surface area contributed by atoms with E-state index in [0.717, 1.165) is 0 Å². The molecule has 0 amide bonds. The van der Waals surface area contributed by atoms with Crippen molar-refractivity contribution in [1.82, 2.24) is 0 Å². The first-order valence-corrected chi connectivity index (χ1v) is 4.07. The van der Waals surface area contributed by atoms with Gasteiger partial charge in [0.1, 0.15) is 0 Å². The number of carboxylic acid groups (broad SMARTS) is 2. The summed E-state index contributed by atoms with van der Waals surface area (Å²) in [5, 5.41) is 17.2. The summed E-state index contributed by atoms with van der Waals surface area (Å²) in [6.45, 7) is 0. The minimum absolute atomic E-state index is 0. The fraction of sp³-hybridized carbons (Fsp3) is 0.750. The van der Waals surface area contributed by atoms with E-state index in [0.29, 0.717) is 25.7 Å². The quantitative estimate of drug-likeness (QED) is 0.773. The number of carbonyl (C=O) groups is 2. The van der Waals surface area contributed by atoms with Crippen LogP contribution in [0.15, 0.2) is 0 Å². The number of hydrogen-bond donors (Lipinski definition) is 2. The van der Waals surface area contributed by atoms with Gasteiger partial charge in [-0.1, -0.05) is 0 Å². The molecule has 1 aliphatic carbocycles. The molecule has 4 nitrogen and oxygen atoms in total. The van der Waals surface area contributed by atoms with E-state index in [-0.39, 0.29) is 32.9 Å². The van der Waals surface area contributed by atoms with E-state index in [2.05, 4.69) is 0 Å². The first-order chi connectivity index (χ1) is 5.61. The molecular formula is C8H12O4W. The van der Waals surface area contributed by atoms with Gasteiger partial charge in [-0.3, -0.25) is 9.59 Å². The molecule has 74 valence electrons. The summed E-state index contributed by atoms with van der Waals surface area (Å²) >= 11 is 0. The second kappa shape index (κ2) is 5.38. The van der Waals surface area contributed by atoms with Gasteiger partial charge in [0.2, 0.25) is 0 Å². The van der Waals surface area contributed by atoms with Crippen LogP contribution < -0.4 is 0 Å². The van der Waals surface area contributed by atoms with Crippen LogP contribution in [0.2, 0.25) is 0 Å². The summed E-state index contributed by atoms with van der Waals surface area (Å²) in [7, 11) is 0. The van der Waals surface area contributed by atoms with Crippen molar-refractivity contribution in [3.05, 3.63) is 0 Å². The van der Waals surface area contributed by atoms with Crippen molar-refractivity contribution in [2.24, 2.45) is 11.8 Å². The maximum Gasteiger partial charge on any atom is 0.306 e. The maximum absolute atomic E-state index is 10.5. The molecule has 1 aliphatic rings. The van der Waals surface area contributed by atoms with E-state index in [1.807, 2.05) is 0 Å². The van der Waals surface area contributed by atoms with Crippen molar-refractivity contribution >= 4 is 11.9 Å². The van der Waals surface area contributed by atoms with Crippen molar-refractivity contribution < 1.29 is 40.9 Å². The van der Waals surface area contributed by atoms with Crippen LogP contribution in [0.4, 0.5) is 0 Å². The second-order valence-electron chi connectivity index (χ2n) is 3.23. The van der Waals surface area contributed by atoms with Crippen LogP contribution in [-0.4, -0.2) is 22.2 Å². The molecule has 0 spiro atoms. The Labute approximate surface area is 90.6 Å². The van der Waals surface area contributed by atoms with Crippen LogP contribution in [0.1, 0.15) is 25.7 Å². The molecule has 1 rings (SSSR count). The molecule has 0 aromatic rings. The number of hydrogen-bond acceptors (Lipinski definition) is 2. The summed E-state index contributed by atoms with van der Waals surface area (Å²) in [5.41, 5.74) is 0. The smallest absolute Gasteiger partial charge is 0.306 e. The number of carboxylic acids is 2. The molecule has 2 N–H and O–H groups in total. The number of rotatable bonds is 2. The average molecular weight is 356 g/mol. The normalized spacial score (nSPS) is 27.4. The Morgan fingerprint density at radius 1 is 0.846 bits per heavy atom. The first kappa shape index (κ1) is 12.6. The molecular weight excluding hydrogens is 344 g/mol. The molecule has 5 heteroatoms. The molecule has 0 radical (unpaired) electrons. The standard InChI is InChI=1S/C8H12O4.W/c9-7(10)5-1-2-6(4-3-5)8(11)12;/h5-6H,1-4H2,(H,9,10)(H,11,12);/t5-,6-;. The molecule has 13 heavy (non-hydrogen) atoms. The zero-order valence-corrected chi connectivity index (χ0v) is 10.0. The summed E-state index contributed by atoms with van der Waals surface area (Å²) in [6.07, 6.45) is 2.03. The van der Waals surface area contributed by atoms with Crippen LogP contribution in [0.3, 0.4) is 0 Å². The van der Waals surface area contributed by atoms with Gasteiger partial charge in [-0.25, -0.2) is 0 Å². The third kappa shape index (κ3) is 3.47. The zero-order valence-electron chi connectivity index (χ0n) is 7.10. The van der Waals surface area contributed by atoms with Gasteiger partial charge in [0.05, 0.1) is 11.8 Å². The van der Waals surface area contributed by atoms with Crippen molar-refractivity contribution in [2.75, 3.05) is 0 Å². The molecule has 1 saturated carbocycles. The van der Waals surface area contributed by atoms with E-state index >= 15 is 0 Å². The van der Waals surface area contributed by atoms with Gasteiger partial charge in [-0.2, -0.15) is 0 Å². The predicted octanol–water partition coefficient (Wildman–Crippen LogP) is 0.959. The third-order valence-corrected chi connectivity index (χ3v) is 2.43. The summed E-state index contributed by atoms with van der Waals surface area (Å²) in [5.74, 6) is -2.22. The fourth-order valence-electron chi connectivity index (χ4n) is 1.59. The maximum atomic E-state index is 10.5. The summed E-state index contributed by atoms with van der Waals surface area (Å²) in [4.78, 5) is 21.0. The molecule has 0 atom stereocenters. The minimum atomic E-state index is -0.793. The van der Waals surface area contributed by atoms with Gasteiger partial charge in [0, 0.05) is 21.1 Å². The molecule has 1 fully saturated rings. The van der Waals surface area contributed by atoms with E-state index in [9.17, 15) is 9.59 Å². The Morgan fingerprint density at radius 2 is 1.08 bits per heavy atom. The van der Waals surface area contributed by atoms with E-state index in [4.69, 9.17) is 10.2 Å². The molecule has 0 unspecified atom stereocenters. The molecule has 0 aliphatic heterocycles. The van der Waals surface area contributed by atoms with Gasteiger partial charge >= 0.3 is 11.9 Å². The SMILES string of the molecule is O=C(O)[C@H]1CC[C@H](C(=O)O)CC1.[W]. The molecule has 0 bridgehead atoms. The Morgan fingerprint density at radius 3 is 1.23 bits per heavy atom. The van der Waals surface area contributed by atoms with Crippen LogP contribution in [0.5, 0.6) is 0 Å². The van der Waals surface area contributed by atoms with Crippen LogP contribution in [0, 0.1) is 11.8 Å². The minimum Gasteiger partial charge on any atom is -0.481 e. The molecule has 0 heterocycles. The Hall–Kier alpha value is -0.372. The first-order valence-electron chi connectivity index (χ1n) is 4.07. The van der Waals surface area contributed by atoms with E-state index in [1.165, 1.54) is 0 Å². The van der Waals surface area contributed by atoms with E-state index in [1.54, 1.807) is 0 Å². The Balaban J connectivity index is 0.00000144.